The number of phosphoric acid groups is 1. The van der Waals surface area contributed by atoms with Crippen molar-refractivity contribution in [3.8, 4) is 0 Å². The summed E-state index contributed by atoms with van der Waals surface area (Å²) in [6.45, 7) is 6.09. The fourth-order valence-electron chi connectivity index (χ4n) is 2.22. The molecule has 24 heavy (non-hydrogen) atoms. The second-order valence-corrected chi connectivity index (χ2v) is 7.19. The van der Waals surface area contributed by atoms with Gasteiger partial charge in [-0.1, -0.05) is 65.2 Å². The molecule has 6 nitrogen and oxygen atoms in total. The SMILES string of the molecule is CCCCCCCCCCCC(OOP(=O)(O)O)OC(C)CC.[KH]. The Morgan fingerprint density at radius 1 is 0.917 bits per heavy atom. The Labute approximate surface area is 190 Å². The van der Waals surface area contributed by atoms with Crippen LogP contribution in [0.15, 0.2) is 0 Å². The summed E-state index contributed by atoms with van der Waals surface area (Å²) >= 11 is 0. The van der Waals surface area contributed by atoms with Crippen LogP contribution in [0.4, 0.5) is 0 Å². The summed E-state index contributed by atoms with van der Waals surface area (Å²) < 4.78 is 20.4. The summed E-state index contributed by atoms with van der Waals surface area (Å²) in [7, 11) is -4.64. The van der Waals surface area contributed by atoms with Gasteiger partial charge in [-0.15, -0.1) is 4.67 Å². The van der Waals surface area contributed by atoms with Crippen LogP contribution in [0.2, 0.25) is 0 Å². The van der Waals surface area contributed by atoms with E-state index in [-0.39, 0.29) is 57.5 Å². The standard InChI is InChI=1S/C16H35O6P.K.H/c1-4-6-7-8-9-10-11-12-13-14-16(20-15(3)5-2)21-22-23(17,18)19;;/h15-16H,4-14H2,1-3H3,(H2,17,18,19);;. The summed E-state index contributed by atoms with van der Waals surface area (Å²) in [5, 5.41) is 0. The molecule has 142 valence electrons. The van der Waals surface area contributed by atoms with Gasteiger partial charge >= 0.3 is 59.2 Å². The second kappa shape index (κ2) is 18.0. The molecule has 0 rings (SSSR count). The van der Waals surface area contributed by atoms with Crippen LogP contribution in [0.3, 0.4) is 0 Å². The van der Waals surface area contributed by atoms with Crippen molar-refractivity contribution in [1.29, 1.82) is 0 Å². The van der Waals surface area contributed by atoms with Crippen molar-refractivity contribution in [3.05, 3.63) is 0 Å². The maximum atomic E-state index is 10.7. The molecule has 0 aliphatic carbocycles. The minimum atomic E-state index is -4.64. The second-order valence-electron chi connectivity index (χ2n) is 6.06. The molecule has 0 heterocycles. The first kappa shape index (κ1) is 27.9. The van der Waals surface area contributed by atoms with E-state index in [1.54, 1.807) is 0 Å². The van der Waals surface area contributed by atoms with Crippen molar-refractivity contribution in [1.82, 2.24) is 0 Å². The number of hydrogen-bond donors (Lipinski definition) is 2. The van der Waals surface area contributed by atoms with Crippen molar-refractivity contribution in [2.45, 2.75) is 104 Å². The minimum absolute atomic E-state index is 0. The van der Waals surface area contributed by atoms with Crippen molar-refractivity contribution in [2.75, 3.05) is 0 Å². The van der Waals surface area contributed by atoms with E-state index in [0.717, 1.165) is 19.3 Å². The van der Waals surface area contributed by atoms with Gasteiger partial charge in [0.25, 0.3) is 0 Å². The zero-order valence-corrected chi connectivity index (χ0v) is 15.8. The van der Waals surface area contributed by atoms with E-state index >= 15 is 0 Å². The Morgan fingerprint density at radius 3 is 1.88 bits per heavy atom. The molecule has 0 aliphatic rings. The van der Waals surface area contributed by atoms with Crippen LogP contribution in [0.5, 0.6) is 0 Å². The average Bonchev–Trinajstić information content (AvgIpc) is 2.49. The average molecular weight is 395 g/mol. The van der Waals surface area contributed by atoms with Crippen LogP contribution < -0.4 is 0 Å². The topological polar surface area (TPSA) is 85.2 Å². The normalized spacial score (nSPS) is 14.2. The molecule has 0 spiro atoms. The molecule has 0 saturated carbocycles. The predicted octanol–water partition coefficient (Wildman–Crippen LogP) is 4.44. The van der Waals surface area contributed by atoms with Gasteiger partial charge in [-0.2, -0.15) is 4.89 Å². The van der Waals surface area contributed by atoms with E-state index in [1.165, 1.54) is 44.9 Å². The third-order valence-electron chi connectivity index (χ3n) is 3.75. The third kappa shape index (κ3) is 20.0. The van der Waals surface area contributed by atoms with E-state index in [4.69, 9.17) is 19.4 Å². The molecule has 0 fully saturated rings. The monoisotopic (exact) mass is 394 g/mol. The van der Waals surface area contributed by atoms with E-state index in [1.807, 2.05) is 13.8 Å². The van der Waals surface area contributed by atoms with Crippen LogP contribution in [-0.2, 0) is 18.9 Å². The fourth-order valence-corrected chi connectivity index (χ4v) is 2.43. The van der Waals surface area contributed by atoms with Gasteiger partial charge in [-0.3, -0.25) is 0 Å². The van der Waals surface area contributed by atoms with E-state index in [9.17, 15) is 4.57 Å². The molecule has 0 radical (unpaired) electrons. The van der Waals surface area contributed by atoms with E-state index in [0.29, 0.717) is 6.42 Å². The van der Waals surface area contributed by atoms with Crippen LogP contribution in [0.25, 0.3) is 0 Å². The predicted molar refractivity (Wildman–Crippen MR) is 97.8 cm³/mol. The molecular formula is C16H36KO6P. The molecule has 2 atom stereocenters. The zero-order valence-electron chi connectivity index (χ0n) is 14.9. The van der Waals surface area contributed by atoms with Crippen LogP contribution >= 0.6 is 7.82 Å². The Hall–Kier alpha value is 1.67. The Morgan fingerprint density at radius 2 is 1.42 bits per heavy atom. The van der Waals surface area contributed by atoms with E-state index in [2.05, 4.69) is 11.6 Å². The Bertz CT molecular complexity index is 313. The molecule has 0 bridgehead atoms. The van der Waals surface area contributed by atoms with Crippen molar-refractivity contribution in [2.24, 2.45) is 0 Å². The Kier molecular flexibility index (Phi) is 21.0. The van der Waals surface area contributed by atoms with Gasteiger partial charge < -0.3 is 14.5 Å². The van der Waals surface area contributed by atoms with Gasteiger partial charge in [0.1, 0.15) is 0 Å². The molecule has 0 aromatic rings. The maximum absolute atomic E-state index is 10.7. The zero-order chi connectivity index (χ0) is 17.6. The number of hydrogen-bond acceptors (Lipinski definition) is 4. The first-order valence-corrected chi connectivity index (χ1v) is 10.5. The number of rotatable bonds is 16. The summed E-state index contributed by atoms with van der Waals surface area (Å²) in [6, 6.07) is 0. The number of unbranched alkanes of at least 4 members (excludes halogenated alkanes) is 8. The summed E-state index contributed by atoms with van der Waals surface area (Å²) in [4.78, 5) is 22.2. The molecular weight excluding hydrogens is 358 g/mol. The molecule has 0 aromatic heterocycles. The quantitative estimate of drug-likeness (QED) is 0.101. The third-order valence-corrected chi connectivity index (χ3v) is 4.03. The van der Waals surface area contributed by atoms with Gasteiger partial charge in [0.05, 0.1) is 6.10 Å². The molecule has 0 amide bonds. The summed E-state index contributed by atoms with van der Waals surface area (Å²) in [6.07, 6.45) is 11.5. The van der Waals surface area contributed by atoms with Gasteiger partial charge in [0, 0.05) is 6.42 Å². The number of ether oxygens (including phenoxy) is 1. The van der Waals surface area contributed by atoms with Gasteiger partial charge in [-0.05, 0) is 19.8 Å². The van der Waals surface area contributed by atoms with E-state index < -0.39 is 14.1 Å². The summed E-state index contributed by atoms with van der Waals surface area (Å²) in [5.41, 5.74) is 0. The van der Waals surface area contributed by atoms with Crippen molar-refractivity contribution < 1.29 is 28.7 Å². The van der Waals surface area contributed by atoms with Crippen LogP contribution in [0.1, 0.15) is 91.4 Å². The molecule has 2 N–H and O–H groups in total. The molecule has 0 saturated heterocycles. The molecule has 8 heteroatoms. The van der Waals surface area contributed by atoms with Crippen LogP contribution in [-0.4, -0.2) is 73.6 Å². The Balaban J connectivity index is 0. The summed E-state index contributed by atoms with van der Waals surface area (Å²) in [5.74, 6) is 0. The first-order chi connectivity index (χ1) is 10.9. The van der Waals surface area contributed by atoms with Gasteiger partial charge in [0.2, 0.25) is 0 Å². The van der Waals surface area contributed by atoms with Gasteiger partial charge in [0.15, 0.2) is 6.29 Å². The molecule has 2 unspecified atom stereocenters. The van der Waals surface area contributed by atoms with Gasteiger partial charge in [-0.25, -0.2) is 4.57 Å². The fraction of sp³-hybridized carbons (Fsp3) is 1.00. The first-order valence-electron chi connectivity index (χ1n) is 8.95. The van der Waals surface area contributed by atoms with Crippen molar-refractivity contribution in [3.63, 3.8) is 0 Å². The molecule has 0 aliphatic heterocycles. The molecule has 0 aromatic carbocycles. The van der Waals surface area contributed by atoms with Crippen molar-refractivity contribution >= 4 is 59.2 Å². The van der Waals surface area contributed by atoms with Crippen LogP contribution in [0, 0.1) is 0 Å².